The fraction of sp³-hybridized carbons (Fsp3) is 0.538. The van der Waals surface area contributed by atoms with Gasteiger partial charge in [0.15, 0.2) is 5.11 Å². The molecule has 0 bridgehead atoms. The third kappa shape index (κ3) is 5.50. The SMILES string of the molecule is S=C(NCCN1CCOCC1)NCc1ccccn1. The smallest absolute Gasteiger partial charge is 0.166 e. The molecule has 0 radical (unpaired) electrons. The van der Waals surface area contributed by atoms with Gasteiger partial charge < -0.3 is 15.4 Å². The lowest BCUT2D eigenvalue weighted by molar-refractivity contribution is 0.0389. The van der Waals surface area contributed by atoms with Gasteiger partial charge in [0.1, 0.15) is 0 Å². The van der Waals surface area contributed by atoms with Gasteiger partial charge in [-0.2, -0.15) is 0 Å². The van der Waals surface area contributed by atoms with E-state index >= 15 is 0 Å². The number of thiocarbonyl (C=S) groups is 1. The first-order valence-corrected chi connectivity index (χ1v) is 6.97. The van der Waals surface area contributed by atoms with Gasteiger partial charge in [-0.1, -0.05) is 6.07 Å². The Bertz CT molecular complexity index is 381. The van der Waals surface area contributed by atoms with Crippen LogP contribution in [0.1, 0.15) is 5.69 Å². The van der Waals surface area contributed by atoms with Crippen LogP contribution in [0.4, 0.5) is 0 Å². The van der Waals surface area contributed by atoms with Crippen LogP contribution in [0.2, 0.25) is 0 Å². The molecule has 0 amide bonds. The summed E-state index contributed by atoms with van der Waals surface area (Å²) in [6.45, 7) is 6.20. The Hall–Kier alpha value is -1.24. The monoisotopic (exact) mass is 280 g/mol. The van der Waals surface area contributed by atoms with E-state index in [4.69, 9.17) is 17.0 Å². The van der Waals surface area contributed by atoms with Gasteiger partial charge in [0.2, 0.25) is 0 Å². The number of nitrogens with one attached hydrogen (secondary N) is 2. The van der Waals surface area contributed by atoms with Crippen LogP contribution in [0, 0.1) is 0 Å². The minimum absolute atomic E-state index is 0.657. The second-order valence-electron chi connectivity index (χ2n) is 4.38. The minimum atomic E-state index is 0.657. The Morgan fingerprint density at radius 3 is 2.89 bits per heavy atom. The van der Waals surface area contributed by atoms with E-state index in [1.165, 1.54) is 0 Å². The van der Waals surface area contributed by atoms with Crippen LogP contribution < -0.4 is 10.6 Å². The molecule has 104 valence electrons. The minimum Gasteiger partial charge on any atom is -0.379 e. The summed E-state index contributed by atoms with van der Waals surface area (Å²) in [6.07, 6.45) is 1.78. The summed E-state index contributed by atoms with van der Waals surface area (Å²) in [6, 6.07) is 5.85. The molecular formula is C13H20N4OS. The van der Waals surface area contributed by atoms with E-state index in [9.17, 15) is 0 Å². The molecule has 1 aromatic rings. The molecule has 1 aliphatic heterocycles. The molecule has 1 aliphatic rings. The van der Waals surface area contributed by atoms with Gasteiger partial charge in [-0.05, 0) is 24.4 Å². The Balaban J connectivity index is 1.57. The Labute approximate surface area is 119 Å². The molecule has 2 heterocycles. The number of morpholine rings is 1. The van der Waals surface area contributed by atoms with Gasteiger partial charge in [-0.3, -0.25) is 9.88 Å². The summed E-state index contributed by atoms with van der Waals surface area (Å²) in [7, 11) is 0. The second-order valence-corrected chi connectivity index (χ2v) is 4.79. The van der Waals surface area contributed by atoms with Gasteiger partial charge in [-0.25, -0.2) is 0 Å². The highest BCUT2D eigenvalue weighted by molar-refractivity contribution is 7.80. The number of rotatable bonds is 5. The normalized spacial score (nSPS) is 16.0. The number of hydrogen-bond acceptors (Lipinski definition) is 4. The van der Waals surface area contributed by atoms with Crippen LogP contribution in [0.15, 0.2) is 24.4 Å². The first-order chi connectivity index (χ1) is 9.34. The van der Waals surface area contributed by atoms with Crippen molar-refractivity contribution in [3.8, 4) is 0 Å². The number of aromatic nitrogens is 1. The van der Waals surface area contributed by atoms with Gasteiger partial charge in [-0.15, -0.1) is 0 Å². The average molecular weight is 280 g/mol. The van der Waals surface area contributed by atoms with Gasteiger partial charge >= 0.3 is 0 Å². The summed E-state index contributed by atoms with van der Waals surface area (Å²) in [5.74, 6) is 0. The standard InChI is InChI=1S/C13H20N4OS/c19-13(16-11-12-3-1-2-4-14-12)15-5-6-17-7-9-18-10-8-17/h1-4H,5-11H2,(H2,15,16,19). The summed E-state index contributed by atoms with van der Waals surface area (Å²) in [5.41, 5.74) is 0.986. The predicted octanol–water partition coefficient (Wildman–Crippen LogP) is 0.378. The maximum absolute atomic E-state index is 5.31. The molecule has 0 atom stereocenters. The number of hydrogen-bond donors (Lipinski definition) is 2. The molecule has 19 heavy (non-hydrogen) atoms. The third-order valence-electron chi connectivity index (χ3n) is 2.97. The van der Waals surface area contributed by atoms with E-state index in [1.54, 1.807) is 6.20 Å². The number of ether oxygens (including phenoxy) is 1. The number of pyridine rings is 1. The average Bonchev–Trinajstić information content (AvgIpc) is 2.47. The van der Waals surface area contributed by atoms with Crippen molar-refractivity contribution in [1.29, 1.82) is 0 Å². The lowest BCUT2D eigenvalue weighted by Crippen LogP contribution is -2.43. The van der Waals surface area contributed by atoms with E-state index in [2.05, 4.69) is 20.5 Å². The van der Waals surface area contributed by atoms with E-state index in [1.807, 2.05) is 18.2 Å². The zero-order valence-electron chi connectivity index (χ0n) is 11.0. The van der Waals surface area contributed by atoms with Crippen molar-refractivity contribution in [3.05, 3.63) is 30.1 Å². The van der Waals surface area contributed by atoms with Gasteiger partial charge in [0.05, 0.1) is 25.5 Å². The van der Waals surface area contributed by atoms with Crippen molar-refractivity contribution >= 4 is 17.3 Å². The number of nitrogens with zero attached hydrogens (tertiary/aromatic N) is 2. The van der Waals surface area contributed by atoms with Crippen LogP contribution >= 0.6 is 12.2 Å². The largest absolute Gasteiger partial charge is 0.379 e. The molecule has 0 saturated carbocycles. The molecule has 0 aromatic carbocycles. The molecule has 1 fully saturated rings. The van der Waals surface area contributed by atoms with E-state index in [0.717, 1.165) is 45.1 Å². The lowest BCUT2D eigenvalue weighted by Gasteiger charge is -2.26. The lowest BCUT2D eigenvalue weighted by atomic mass is 10.3. The molecule has 0 aliphatic carbocycles. The summed E-state index contributed by atoms with van der Waals surface area (Å²) >= 11 is 5.23. The van der Waals surface area contributed by atoms with E-state index < -0.39 is 0 Å². The van der Waals surface area contributed by atoms with E-state index in [0.29, 0.717) is 11.7 Å². The second kappa shape index (κ2) is 8.04. The van der Waals surface area contributed by atoms with Crippen LogP contribution in [-0.2, 0) is 11.3 Å². The molecular weight excluding hydrogens is 260 g/mol. The van der Waals surface area contributed by atoms with Crippen LogP contribution in [-0.4, -0.2) is 54.4 Å². The zero-order valence-corrected chi connectivity index (χ0v) is 11.8. The van der Waals surface area contributed by atoms with Crippen molar-refractivity contribution in [3.63, 3.8) is 0 Å². The molecule has 1 aromatic heterocycles. The Kier molecular flexibility index (Phi) is 6.00. The topological polar surface area (TPSA) is 49.4 Å². The quantitative estimate of drug-likeness (QED) is 0.761. The summed E-state index contributed by atoms with van der Waals surface area (Å²) in [4.78, 5) is 6.61. The first-order valence-electron chi connectivity index (χ1n) is 6.56. The highest BCUT2D eigenvalue weighted by Gasteiger charge is 2.09. The van der Waals surface area contributed by atoms with Crippen molar-refractivity contribution in [2.75, 3.05) is 39.4 Å². The van der Waals surface area contributed by atoms with Crippen LogP contribution in [0.25, 0.3) is 0 Å². The summed E-state index contributed by atoms with van der Waals surface area (Å²) in [5, 5.41) is 7.04. The molecule has 6 heteroatoms. The molecule has 0 spiro atoms. The van der Waals surface area contributed by atoms with E-state index in [-0.39, 0.29) is 0 Å². The van der Waals surface area contributed by atoms with Crippen LogP contribution in [0.3, 0.4) is 0 Å². The highest BCUT2D eigenvalue weighted by atomic mass is 32.1. The Morgan fingerprint density at radius 2 is 2.16 bits per heavy atom. The van der Waals surface area contributed by atoms with Crippen molar-refractivity contribution < 1.29 is 4.74 Å². The maximum atomic E-state index is 5.31. The Morgan fingerprint density at radius 1 is 1.32 bits per heavy atom. The fourth-order valence-corrected chi connectivity index (χ4v) is 2.06. The first kappa shape index (κ1) is 14.2. The fourth-order valence-electron chi connectivity index (χ4n) is 1.89. The van der Waals surface area contributed by atoms with Gasteiger partial charge in [0.25, 0.3) is 0 Å². The maximum Gasteiger partial charge on any atom is 0.166 e. The summed E-state index contributed by atoms with van der Waals surface area (Å²) < 4.78 is 5.31. The zero-order chi connectivity index (χ0) is 13.3. The van der Waals surface area contributed by atoms with Crippen molar-refractivity contribution in [1.82, 2.24) is 20.5 Å². The molecule has 5 nitrogen and oxygen atoms in total. The van der Waals surface area contributed by atoms with Gasteiger partial charge in [0, 0.05) is 32.4 Å². The predicted molar refractivity (Wildman–Crippen MR) is 78.9 cm³/mol. The molecule has 2 N–H and O–H groups in total. The molecule has 2 rings (SSSR count). The van der Waals surface area contributed by atoms with Crippen LogP contribution in [0.5, 0.6) is 0 Å². The van der Waals surface area contributed by atoms with Crippen molar-refractivity contribution in [2.45, 2.75) is 6.54 Å². The third-order valence-corrected chi connectivity index (χ3v) is 3.26. The molecule has 0 unspecified atom stereocenters. The molecule has 1 saturated heterocycles. The highest BCUT2D eigenvalue weighted by Crippen LogP contribution is 1.95. The van der Waals surface area contributed by atoms with Crippen molar-refractivity contribution in [2.24, 2.45) is 0 Å².